The number of nitrogen functional groups attached to an aromatic ring is 1. The Morgan fingerprint density at radius 2 is 2.07 bits per heavy atom. The van der Waals surface area contributed by atoms with E-state index in [1.165, 1.54) is 0 Å². The van der Waals surface area contributed by atoms with Gasteiger partial charge >= 0.3 is 5.97 Å². The van der Waals surface area contributed by atoms with Crippen LogP contribution in [0.5, 0.6) is 0 Å². The predicted molar refractivity (Wildman–Crippen MR) is 56.5 cm³/mol. The van der Waals surface area contributed by atoms with Crippen LogP contribution in [0.3, 0.4) is 0 Å². The number of rotatable bonds is 2. The standard InChI is InChI=1S/C10H12ClNO2/c1-10(2,9(13)14)6-4-3-5-7(11)8(6)12/h3-5H,12H2,1-2H3,(H,13,14). The molecule has 0 aromatic heterocycles. The lowest BCUT2D eigenvalue weighted by molar-refractivity contribution is -0.142. The zero-order valence-corrected chi connectivity index (χ0v) is 8.80. The third-order valence-electron chi connectivity index (χ3n) is 2.26. The number of hydrogen-bond donors (Lipinski definition) is 2. The first-order valence-electron chi connectivity index (χ1n) is 4.15. The van der Waals surface area contributed by atoms with Crippen molar-refractivity contribution in [3.63, 3.8) is 0 Å². The second-order valence-corrected chi connectivity index (χ2v) is 4.04. The van der Waals surface area contributed by atoms with Crippen LogP contribution in [-0.4, -0.2) is 11.1 Å². The van der Waals surface area contributed by atoms with Crippen molar-refractivity contribution in [2.75, 3.05) is 5.73 Å². The summed E-state index contributed by atoms with van der Waals surface area (Å²) in [7, 11) is 0. The molecule has 0 bridgehead atoms. The third kappa shape index (κ3) is 1.68. The minimum atomic E-state index is -1.02. The minimum absolute atomic E-state index is 0.335. The highest BCUT2D eigenvalue weighted by atomic mass is 35.5. The Balaban J connectivity index is 3.33. The Kier molecular flexibility index (Phi) is 2.71. The molecule has 0 atom stereocenters. The number of carboxylic acid groups (broad SMARTS) is 1. The monoisotopic (exact) mass is 213 g/mol. The normalized spacial score (nSPS) is 11.4. The zero-order valence-electron chi connectivity index (χ0n) is 8.04. The smallest absolute Gasteiger partial charge is 0.313 e. The Bertz CT molecular complexity index is 374. The van der Waals surface area contributed by atoms with Crippen LogP contribution in [0.4, 0.5) is 5.69 Å². The number of para-hydroxylation sites is 1. The van der Waals surface area contributed by atoms with E-state index in [4.69, 9.17) is 22.4 Å². The third-order valence-corrected chi connectivity index (χ3v) is 2.59. The number of halogens is 1. The number of anilines is 1. The first-order valence-corrected chi connectivity index (χ1v) is 4.53. The molecule has 3 N–H and O–H groups in total. The summed E-state index contributed by atoms with van der Waals surface area (Å²) in [5, 5.41) is 9.40. The summed E-state index contributed by atoms with van der Waals surface area (Å²) in [6.45, 7) is 3.19. The summed E-state index contributed by atoms with van der Waals surface area (Å²) < 4.78 is 0. The molecule has 0 aliphatic carbocycles. The van der Waals surface area contributed by atoms with Gasteiger partial charge in [0.25, 0.3) is 0 Å². The molecule has 1 aromatic carbocycles. The van der Waals surface area contributed by atoms with Crippen molar-refractivity contribution in [3.05, 3.63) is 28.8 Å². The van der Waals surface area contributed by atoms with Crippen LogP contribution in [0.1, 0.15) is 19.4 Å². The maximum Gasteiger partial charge on any atom is 0.313 e. The molecule has 1 aromatic rings. The van der Waals surface area contributed by atoms with E-state index in [0.717, 1.165) is 0 Å². The van der Waals surface area contributed by atoms with Crippen LogP contribution in [0.15, 0.2) is 18.2 Å². The molecule has 1 rings (SSSR count). The SMILES string of the molecule is CC(C)(C(=O)O)c1cccc(Cl)c1N. The number of carboxylic acids is 1. The first kappa shape index (κ1) is 10.9. The molecule has 0 amide bonds. The van der Waals surface area contributed by atoms with E-state index < -0.39 is 11.4 Å². The van der Waals surface area contributed by atoms with Crippen LogP contribution in [0, 0.1) is 0 Å². The molecular formula is C10H12ClNO2. The molecule has 0 aliphatic rings. The molecule has 76 valence electrons. The molecule has 0 radical (unpaired) electrons. The van der Waals surface area contributed by atoms with Gasteiger partial charge in [-0.25, -0.2) is 0 Å². The highest BCUT2D eigenvalue weighted by Gasteiger charge is 2.31. The molecule has 0 spiro atoms. The van der Waals surface area contributed by atoms with Gasteiger partial charge in [0.05, 0.1) is 16.1 Å². The van der Waals surface area contributed by atoms with E-state index >= 15 is 0 Å². The number of carbonyl (C=O) groups is 1. The summed E-state index contributed by atoms with van der Waals surface area (Å²) >= 11 is 5.81. The maximum absolute atomic E-state index is 11.0. The van der Waals surface area contributed by atoms with Crippen LogP contribution >= 0.6 is 11.6 Å². The van der Waals surface area contributed by atoms with Gasteiger partial charge in [0, 0.05) is 0 Å². The Morgan fingerprint density at radius 3 is 2.57 bits per heavy atom. The highest BCUT2D eigenvalue weighted by molar-refractivity contribution is 6.33. The van der Waals surface area contributed by atoms with E-state index in [-0.39, 0.29) is 0 Å². The summed E-state index contributed by atoms with van der Waals surface area (Å²) in [6.07, 6.45) is 0. The van der Waals surface area contributed by atoms with Gasteiger partial charge in [-0.3, -0.25) is 4.79 Å². The molecule has 0 saturated heterocycles. The molecule has 0 saturated carbocycles. The van der Waals surface area contributed by atoms with Gasteiger partial charge in [-0.1, -0.05) is 23.7 Å². The largest absolute Gasteiger partial charge is 0.481 e. The van der Waals surface area contributed by atoms with Gasteiger partial charge in [0.15, 0.2) is 0 Å². The molecule has 0 aliphatic heterocycles. The number of hydrogen-bond acceptors (Lipinski definition) is 2. The van der Waals surface area contributed by atoms with Gasteiger partial charge in [0.2, 0.25) is 0 Å². The number of benzene rings is 1. The molecule has 0 heterocycles. The molecule has 0 fully saturated rings. The van der Waals surface area contributed by atoms with Gasteiger partial charge in [-0.05, 0) is 25.5 Å². The van der Waals surface area contributed by atoms with Gasteiger partial charge in [-0.2, -0.15) is 0 Å². The van der Waals surface area contributed by atoms with Gasteiger partial charge in [-0.15, -0.1) is 0 Å². The predicted octanol–water partition coefficient (Wildman–Crippen LogP) is 2.28. The van der Waals surface area contributed by atoms with E-state index in [2.05, 4.69) is 0 Å². The minimum Gasteiger partial charge on any atom is -0.481 e. The Labute approximate surface area is 87.5 Å². The maximum atomic E-state index is 11.0. The average Bonchev–Trinajstić information content (AvgIpc) is 2.09. The molecule has 3 nitrogen and oxygen atoms in total. The van der Waals surface area contributed by atoms with Gasteiger partial charge in [0.1, 0.15) is 0 Å². The molecular weight excluding hydrogens is 202 g/mol. The van der Waals surface area contributed by atoms with E-state index in [9.17, 15) is 4.79 Å². The summed E-state index contributed by atoms with van der Waals surface area (Å²) in [4.78, 5) is 11.0. The lowest BCUT2D eigenvalue weighted by atomic mass is 9.84. The highest BCUT2D eigenvalue weighted by Crippen LogP contribution is 2.32. The zero-order chi connectivity index (χ0) is 10.9. The number of nitrogens with two attached hydrogens (primary N) is 1. The van der Waals surface area contributed by atoms with E-state index in [1.807, 2.05) is 0 Å². The van der Waals surface area contributed by atoms with Crippen molar-refractivity contribution in [2.24, 2.45) is 0 Å². The van der Waals surface area contributed by atoms with Crippen molar-refractivity contribution < 1.29 is 9.90 Å². The van der Waals surface area contributed by atoms with Crippen LogP contribution in [0.2, 0.25) is 5.02 Å². The fraction of sp³-hybridized carbons (Fsp3) is 0.300. The second kappa shape index (κ2) is 3.50. The quantitative estimate of drug-likeness (QED) is 0.741. The summed E-state index contributed by atoms with van der Waals surface area (Å²) in [5.41, 5.74) is 5.57. The fourth-order valence-corrected chi connectivity index (χ4v) is 1.37. The fourth-order valence-electron chi connectivity index (χ4n) is 1.20. The summed E-state index contributed by atoms with van der Waals surface area (Å²) in [6, 6.07) is 5.01. The molecule has 4 heteroatoms. The number of aliphatic carboxylic acids is 1. The van der Waals surface area contributed by atoms with E-state index in [1.54, 1.807) is 32.0 Å². The second-order valence-electron chi connectivity index (χ2n) is 3.63. The lowest BCUT2D eigenvalue weighted by Gasteiger charge is -2.21. The molecule has 0 unspecified atom stereocenters. The van der Waals surface area contributed by atoms with Crippen LogP contribution < -0.4 is 5.73 Å². The van der Waals surface area contributed by atoms with Crippen LogP contribution in [0.25, 0.3) is 0 Å². The Morgan fingerprint density at radius 1 is 1.50 bits per heavy atom. The summed E-state index contributed by atoms with van der Waals surface area (Å²) in [5.74, 6) is -0.925. The van der Waals surface area contributed by atoms with Crippen molar-refractivity contribution in [2.45, 2.75) is 19.3 Å². The van der Waals surface area contributed by atoms with E-state index in [0.29, 0.717) is 16.3 Å². The lowest BCUT2D eigenvalue weighted by Crippen LogP contribution is -2.29. The van der Waals surface area contributed by atoms with Crippen molar-refractivity contribution in [1.82, 2.24) is 0 Å². The van der Waals surface area contributed by atoms with Crippen molar-refractivity contribution >= 4 is 23.3 Å². The topological polar surface area (TPSA) is 63.3 Å². The van der Waals surface area contributed by atoms with Crippen molar-refractivity contribution in [3.8, 4) is 0 Å². The molecule has 14 heavy (non-hydrogen) atoms. The van der Waals surface area contributed by atoms with Crippen molar-refractivity contribution in [1.29, 1.82) is 0 Å². The first-order chi connectivity index (χ1) is 6.37. The van der Waals surface area contributed by atoms with Gasteiger partial charge < -0.3 is 10.8 Å². The van der Waals surface area contributed by atoms with Crippen LogP contribution in [-0.2, 0) is 10.2 Å². The average molecular weight is 214 g/mol. The Hall–Kier alpha value is -1.22.